The van der Waals surface area contributed by atoms with Gasteiger partial charge in [-0.1, -0.05) is 0 Å². The summed E-state index contributed by atoms with van der Waals surface area (Å²) >= 11 is 0. The first kappa shape index (κ1) is 18.1. The fourth-order valence-corrected chi connectivity index (χ4v) is 2.61. The van der Waals surface area contributed by atoms with Crippen molar-refractivity contribution in [2.75, 3.05) is 13.7 Å². The van der Waals surface area contributed by atoms with Crippen LogP contribution in [0.5, 0.6) is 11.5 Å². The number of methoxy groups -OCH3 is 1. The van der Waals surface area contributed by atoms with Crippen molar-refractivity contribution in [3.63, 3.8) is 0 Å². The lowest BCUT2D eigenvalue weighted by Gasteiger charge is -2.08. The molecule has 1 aliphatic rings. The van der Waals surface area contributed by atoms with Crippen LogP contribution in [0.2, 0.25) is 0 Å². The molecular weight excluding hydrogens is 354 g/mol. The van der Waals surface area contributed by atoms with Crippen LogP contribution in [0, 0.1) is 17.0 Å². The summed E-state index contributed by atoms with van der Waals surface area (Å²) in [6, 6.07) is 8.93. The summed E-state index contributed by atoms with van der Waals surface area (Å²) in [6.45, 7) is 1.48. The van der Waals surface area contributed by atoms with E-state index in [-0.39, 0.29) is 23.8 Å². The zero-order valence-electron chi connectivity index (χ0n) is 14.6. The Bertz CT molecular complexity index is 961. The monoisotopic (exact) mass is 369 g/mol. The van der Waals surface area contributed by atoms with Gasteiger partial charge in [0.1, 0.15) is 11.5 Å². The lowest BCUT2D eigenvalue weighted by atomic mass is 10.0. The highest BCUT2D eigenvalue weighted by molar-refractivity contribution is 6.15. The third kappa shape index (κ3) is 3.79. The standard InChI is InChI=1S/C19H15NO7/c1-11-7-14(26-10-17(21)25-2)9-15-18(11)19(22)16(27-15)8-12-3-5-13(6-4-12)20(23)24/h3-9H,10H2,1-2H3/b16-8-. The van der Waals surface area contributed by atoms with Crippen molar-refractivity contribution in [1.82, 2.24) is 0 Å². The van der Waals surface area contributed by atoms with Gasteiger partial charge in [-0.05, 0) is 42.3 Å². The highest BCUT2D eigenvalue weighted by atomic mass is 16.6. The van der Waals surface area contributed by atoms with Crippen LogP contribution < -0.4 is 9.47 Å². The summed E-state index contributed by atoms with van der Waals surface area (Å²) in [7, 11) is 1.26. The molecule has 0 spiro atoms. The number of allylic oxidation sites excluding steroid dienone is 1. The first-order chi connectivity index (χ1) is 12.9. The van der Waals surface area contributed by atoms with Crippen molar-refractivity contribution in [1.29, 1.82) is 0 Å². The fourth-order valence-electron chi connectivity index (χ4n) is 2.61. The number of Topliss-reactive ketones (excluding diaryl/α,β-unsaturated/α-hetero) is 1. The molecule has 2 aromatic carbocycles. The van der Waals surface area contributed by atoms with Crippen molar-refractivity contribution >= 4 is 23.5 Å². The summed E-state index contributed by atoms with van der Waals surface area (Å²) in [6.07, 6.45) is 1.51. The van der Waals surface area contributed by atoms with Crippen LogP contribution in [0.3, 0.4) is 0 Å². The number of benzene rings is 2. The number of nitro benzene ring substituents is 1. The number of esters is 1. The molecule has 0 bridgehead atoms. The lowest BCUT2D eigenvalue weighted by molar-refractivity contribution is -0.384. The molecule has 0 atom stereocenters. The molecule has 2 aromatic rings. The Kier molecular flexibility index (Phi) is 4.89. The van der Waals surface area contributed by atoms with Gasteiger partial charge in [-0.2, -0.15) is 0 Å². The van der Waals surface area contributed by atoms with E-state index >= 15 is 0 Å². The van der Waals surface area contributed by atoms with Gasteiger partial charge in [0.2, 0.25) is 5.78 Å². The maximum atomic E-state index is 12.6. The van der Waals surface area contributed by atoms with Crippen molar-refractivity contribution in [3.05, 3.63) is 69.0 Å². The van der Waals surface area contributed by atoms with E-state index in [4.69, 9.17) is 9.47 Å². The molecule has 3 rings (SSSR count). The third-order valence-electron chi connectivity index (χ3n) is 3.93. The van der Waals surface area contributed by atoms with Gasteiger partial charge in [-0.15, -0.1) is 0 Å². The quantitative estimate of drug-likeness (QED) is 0.345. The predicted molar refractivity (Wildman–Crippen MR) is 94.7 cm³/mol. The van der Waals surface area contributed by atoms with Gasteiger partial charge in [-0.25, -0.2) is 4.79 Å². The molecule has 138 valence electrons. The van der Waals surface area contributed by atoms with Gasteiger partial charge in [0.25, 0.3) is 5.69 Å². The number of non-ortho nitro benzene ring substituents is 1. The molecular formula is C19H15NO7. The second-order valence-electron chi connectivity index (χ2n) is 5.77. The largest absolute Gasteiger partial charge is 0.482 e. The zero-order valence-corrected chi connectivity index (χ0v) is 14.6. The summed E-state index contributed by atoms with van der Waals surface area (Å²) in [5.41, 5.74) is 1.61. The van der Waals surface area contributed by atoms with Gasteiger partial charge >= 0.3 is 5.97 Å². The molecule has 0 unspecified atom stereocenters. The number of carbonyl (C=O) groups excluding carboxylic acids is 2. The molecule has 1 aliphatic heterocycles. The number of fused-ring (bicyclic) bond motifs is 1. The molecule has 0 radical (unpaired) electrons. The van der Waals surface area contributed by atoms with Gasteiger partial charge in [0.05, 0.1) is 17.6 Å². The molecule has 0 saturated carbocycles. The zero-order chi connectivity index (χ0) is 19.6. The van der Waals surface area contributed by atoms with E-state index < -0.39 is 10.9 Å². The third-order valence-corrected chi connectivity index (χ3v) is 3.93. The maximum Gasteiger partial charge on any atom is 0.343 e. The predicted octanol–water partition coefficient (Wildman–Crippen LogP) is 3.07. The van der Waals surface area contributed by atoms with Crippen LogP contribution in [-0.2, 0) is 9.53 Å². The number of hydrogen-bond donors (Lipinski definition) is 0. The van der Waals surface area contributed by atoms with Crippen molar-refractivity contribution in [3.8, 4) is 11.5 Å². The van der Waals surface area contributed by atoms with E-state index in [1.807, 2.05) is 0 Å². The van der Waals surface area contributed by atoms with Crippen molar-refractivity contribution < 1.29 is 28.7 Å². The van der Waals surface area contributed by atoms with Gasteiger partial charge in [0.15, 0.2) is 12.4 Å². The van der Waals surface area contributed by atoms with E-state index in [9.17, 15) is 19.7 Å². The Labute approximate surface area is 154 Å². The Morgan fingerprint density at radius 1 is 1.26 bits per heavy atom. The van der Waals surface area contributed by atoms with Crippen molar-refractivity contribution in [2.45, 2.75) is 6.92 Å². The van der Waals surface area contributed by atoms with Crippen LogP contribution in [0.25, 0.3) is 6.08 Å². The fraction of sp³-hybridized carbons (Fsp3) is 0.158. The second kappa shape index (κ2) is 7.28. The smallest absolute Gasteiger partial charge is 0.343 e. The molecule has 8 nitrogen and oxygen atoms in total. The van der Waals surface area contributed by atoms with Crippen LogP contribution in [0.15, 0.2) is 42.2 Å². The number of nitro groups is 1. The molecule has 0 saturated heterocycles. The van der Waals surface area contributed by atoms with Crippen molar-refractivity contribution in [2.24, 2.45) is 0 Å². The summed E-state index contributed by atoms with van der Waals surface area (Å²) < 4.78 is 15.5. The second-order valence-corrected chi connectivity index (χ2v) is 5.77. The van der Waals surface area contributed by atoms with Crippen LogP contribution >= 0.6 is 0 Å². The number of ketones is 1. The molecule has 1 heterocycles. The molecule has 0 N–H and O–H groups in total. The number of ether oxygens (including phenoxy) is 3. The minimum atomic E-state index is -0.524. The number of nitrogens with zero attached hydrogens (tertiary/aromatic N) is 1. The maximum absolute atomic E-state index is 12.6. The molecule has 0 amide bonds. The van der Waals surface area contributed by atoms with E-state index in [2.05, 4.69) is 4.74 Å². The minimum absolute atomic E-state index is 0.0395. The van der Waals surface area contributed by atoms with E-state index in [0.29, 0.717) is 28.2 Å². The van der Waals surface area contributed by atoms with Gasteiger partial charge in [-0.3, -0.25) is 14.9 Å². The lowest BCUT2D eigenvalue weighted by Crippen LogP contribution is -2.12. The molecule has 8 heteroatoms. The molecule has 0 aromatic heterocycles. The normalized spacial score (nSPS) is 13.9. The Morgan fingerprint density at radius 3 is 2.59 bits per heavy atom. The molecule has 0 fully saturated rings. The SMILES string of the molecule is COC(=O)COc1cc(C)c2c(c1)O/C(=C\c1ccc([N+](=O)[O-])cc1)C2=O. The highest BCUT2D eigenvalue weighted by Crippen LogP contribution is 2.37. The minimum Gasteiger partial charge on any atom is -0.482 e. The molecule has 27 heavy (non-hydrogen) atoms. The van der Waals surface area contributed by atoms with Gasteiger partial charge < -0.3 is 14.2 Å². The molecule has 0 aliphatic carbocycles. The van der Waals surface area contributed by atoms with E-state index in [0.717, 1.165) is 0 Å². The Hall–Kier alpha value is -3.68. The van der Waals surface area contributed by atoms with Crippen LogP contribution in [0.1, 0.15) is 21.5 Å². The van der Waals surface area contributed by atoms with Crippen LogP contribution in [-0.4, -0.2) is 30.4 Å². The van der Waals surface area contributed by atoms with Crippen LogP contribution in [0.4, 0.5) is 5.69 Å². The number of carbonyl (C=O) groups is 2. The van der Waals surface area contributed by atoms with Gasteiger partial charge in [0, 0.05) is 18.2 Å². The number of aryl methyl sites for hydroxylation is 1. The summed E-state index contributed by atoms with van der Waals surface area (Å²) in [4.78, 5) is 34.0. The summed E-state index contributed by atoms with van der Waals surface area (Å²) in [5.74, 6) is -0.00888. The highest BCUT2D eigenvalue weighted by Gasteiger charge is 2.30. The average molecular weight is 369 g/mol. The number of hydrogen-bond acceptors (Lipinski definition) is 7. The average Bonchev–Trinajstić information content (AvgIpc) is 2.96. The Morgan fingerprint density at radius 2 is 1.96 bits per heavy atom. The topological polar surface area (TPSA) is 105 Å². The van der Waals surface area contributed by atoms with E-state index in [1.165, 1.54) is 43.5 Å². The first-order valence-corrected chi connectivity index (χ1v) is 7.92. The number of rotatable bonds is 5. The summed E-state index contributed by atoms with van der Waals surface area (Å²) in [5, 5.41) is 10.7. The van der Waals surface area contributed by atoms with E-state index in [1.54, 1.807) is 13.0 Å². The Balaban J connectivity index is 1.84. The first-order valence-electron chi connectivity index (χ1n) is 7.92.